The molecular formula is C25H28FN3O3. The van der Waals surface area contributed by atoms with E-state index < -0.39 is 0 Å². The molecule has 1 atom stereocenters. The lowest BCUT2D eigenvalue weighted by molar-refractivity contribution is 0.202. The van der Waals surface area contributed by atoms with E-state index in [1.54, 1.807) is 18.2 Å². The number of amides is 2. The highest BCUT2D eigenvalue weighted by atomic mass is 19.1. The third-order valence-electron chi connectivity index (χ3n) is 5.61. The molecule has 4 rings (SSSR count). The van der Waals surface area contributed by atoms with Crippen molar-refractivity contribution in [1.82, 2.24) is 10.2 Å². The van der Waals surface area contributed by atoms with Crippen LogP contribution in [0, 0.1) is 12.7 Å². The maximum Gasteiger partial charge on any atom is 0.319 e. The number of hydrogen-bond acceptors (Lipinski definition) is 4. The van der Waals surface area contributed by atoms with Crippen LogP contribution in [0.2, 0.25) is 0 Å². The molecule has 0 radical (unpaired) electrons. The van der Waals surface area contributed by atoms with E-state index in [1.807, 2.05) is 31.2 Å². The molecule has 0 saturated carbocycles. The molecule has 3 aromatic carbocycles. The van der Waals surface area contributed by atoms with Gasteiger partial charge < -0.3 is 20.5 Å². The highest BCUT2D eigenvalue weighted by Gasteiger charge is 2.24. The molecule has 0 aliphatic carbocycles. The number of aliphatic hydroxyl groups excluding tert-OH is 1. The van der Waals surface area contributed by atoms with Crippen LogP contribution in [0.4, 0.5) is 14.9 Å². The summed E-state index contributed by atoms with van der Waals surface area (Å²) in [6, 6.07) is 16.2. The topological polar surface area (TPSA) is 73.8 Å². The van der Waals surface area contributed by atoms with Gasteiger partial charge >= 0.3 is 6.03 Å². The first-order valence-corrected chi connectivity index (χ1v) is 10.8. The van der Waals surface area contributed by atoms with Crippen LogP contribution in [0.25, 0.3) is 10.8 Å². The van der Waals surface area contributed by atoms with E-state index in [9.17, 15) is 9.18 Å². The molecule has 3 N–H and O–H groups in total. The number of halogens is 1. The summed E-state index contributed by atoms with van der Waals surface area (Å²) in [5.74, 6) is 0.304. The zero-order chi connectivity index (χ0) is 22.5. The summed E-state index contributed by atoms with van der Waals surface area (Å²) >= 11 is 0. The van der Waals surface area contributed by atoms with Crippen molar-refractivity contribution in [3.05, 3.63) is 71.5 Å². The lowest BCUT2D eigenvalue weighted by atomic mass is 10.1. The second kappa shape index (κ2) is 9.97. The maximum absolute atomic E-state index is 13.4. The van der Waals surface area contributed by atoms with E-state index in [0.717, 1.165) is 42.4 Å². The number of ether oxygens (including phenoxy) is 1. The smallest absolute Gasteiger partial charge is 0.319 e. The number of rotatable bonds is 7. The molecule has 3 aromatic rings. The van der Waals surface area contributed by atoms with Gasteiger partial charge in [0.05, 0.1) is 12.3 Å². The normalized spacial score (nSPS) is 16.3. The van der Waals surface area contributed by atoms with Crippen molar-refractivity contribution in [2.75, 3.05) is 31.6 Å². The minimum Gasteiger partial charge on any atom is -0.489 e. The molecule has 0 bridgehead atoms. The molecular weight excluding hydrogens is 409 g/mol. The Morgan fingerprint density at radius 3 is 2.81 bits per heavy atom. The molecule has 1 aliphatic rings. The van der Waals surface area contributed by atoms with Crippen LogP contribution in [-0.2, 0) is 6.54 Å². The van der Waals surface area contributed by atoms with Crippen LogP contribution in [0.1, 0.15) is 17.5 Å². The Hall–Kier alpha value is -3.16. The predicted octanol–water partition coefficient (Wildman–Crippen LogP) is 4.05. The minimum absolute atomic E-state index is 0.0520. The van der Waals surface area contributed by atoms with Gasteiger partial charge in [-0.2, -0.15) is 0 Å². The van der Waals surface area contributed by atoms with Gasteiger partial charge in [0.1, 0.15) is 18.2 Å². The minimum atomic E-state index is -0.274. The molecule has 0 unspecified atom stereocenters. The fourth-order valence-electron chi connectivity index (χ4n) is 4.08. The summed E-state index contributed by atoms with van der Waals surface area (Å²) in [6.45, 7) is 4.45. The fraction of sp³-hybridized carbons (Fsp3) is 0.320. The maximum atomic E-state index is 13.4. The largest absolute Gasteiger partial charge is 0.489 e. The number of hydrogen-bond donors (Lipinski definition) is 3. The van der Waals surface area contributed by atoms with Gasteiger partial charge in [-0.05, 0) is 65.6 Å². The Bertz CT molecular complexity index is 1100. The molecule has 1 aliphatic heterocycles. The lowest BCUT2D eigenvalue weighted by Gasteiger charge is -2.18. The Kier molecular flexibility index (Phi) is 6.87. The number of carbonyl (C=O) groups is 1. The third-order valence-corrected chi connectivity index (χ3v) is 5.61. The number of likely N-dealkylation sites (tertiary alicyclic amines) is 1. The van der Waals surface area contributed by atoms with Gasteiger partial charge in [0.25, 0.3) is 0 Å². The Morgan fingerprint density at radius 2 is 1.97 bits per heavy atom. The summed E-state index contributed by atoms with van der Waals surface area (Å²) in [4.78, 5) is 14.9. The number of urea groups is 1. The third kappa shape index (κ3) is 5.55. The Labute approximate surface area is 187 Å². The molecule has 7 heteroatoms. The van der Waals surface area contributed by atoms with E-state index in [1.165, 1.54) is 11.6 Å². The monoisotopic (exact) mass is 437 g/mol. The first-order valence-electron chi connectivity index (χ1n) is 10.8. The van der Waals surface area contributed by atoms with Crippen LogP contribution < -0.4 is 15.4 Å². The standard InChI is InChI=1S/C25H28FN3O3/c1-17-2-7-24(32-11-10-30)23(12-17)28-25(31)27-22-8-9-29(16-22)15-18-3-4-20-14-21(26)6-5-19(20)13-18/h2-7,12-14,22,30H,8-11,15-16H2,1H3,(H2,27,28,31)/t22-/m1/s1. The van der Waals surface area contributed by atoms with Crippen LogP contribution in [0.3, 0.4) is 0 Å². The van der Waals surface area contributed by atoms with Crippen molar-refractivity contribution in [1.29, 1.82) is 0 Å². The average Bonchev–Trinajstić information content (AvgIpc) is 3.19. The van der Waals surface area contributed by atoms with Crippen LogP contribution >= 0.6 is 0 Å². The van der Waals surface area contributed by atoms with Crippen LogP contribution in [0.5, 0.6) is 5.75 Å². The van der Waals surface area contributed by atoms with Gasteiger partial charge in [-0.25, -0.2) is 9.18 Å². The summed E-state index contributed by atoms with van der Waals surface area (Å²) in [5.41, 5.74) is 2.75. The molecule has 1 fully saturated rings. The number of aliphatic hydroxyl groups is 1. The van der Waals surface area contributed by atoms with E-state index in [0.29, 0.717) is 11.4 Å². The zero-order valence-electron chi connectivity index (χ0n) is 18.1. The van der Waals surface area contributed by atoms with E-state index >= 15 is 0 Å². The van der Waals surface area contributed by atoms with Crippen molar-refractivity contribution < 1.29 is 19.0 Å². The van der Waals surface area contributed by atoms with Crippen LogP contribution in [-0.4, -0.2) is 48.4 Å². The number of anilines is 1. The highest BCUT2D eigenvalue weighted by molar-refractivity contribution is 5.91. The molecule has 1 saturated heterocycles. The lowest BCUT2D eigenvalue weighted by Crippen LogP contribution is -2.39. The van der Waals surface area contributed by atoms with Gasteiger partial charge in [-0.3, -0.25) is 4.90 Å². The summed E-state index contributed by atoms with van der Waals surface area (Å²) < 4.78 is 18.9. The zero-order valence-corrected chi connectivity index (χ0v) is 18.1. The van der Waals surface area contributed by atoms with Gasteiger partial charge in [-0.1, -0.05) is 24.3 Å². The quantitative estimate of drug-likeness (QED) is 0.521. The Balaban J connectivity index is 1.32. The predicted molar refractivity (Wildman–Crippen MR) is 124 cm³/mol. The van der Waals surface area contributed by atoms with Crippen molar-refractivity contribution in [3.8, 4) is 5.75 Å². The molecule has 32 heavy (non-hydrogen) atoms. The number of nitrogens with one attached hydrogen (secondary N) is 2. The van der Waals surface area contributed by atoms with Gasteiger partial charge in [0, 0.05) is 25.7 Å². The van der Waals surface area contributed by atoms with Gasteiger partial charge in [0.2, 0.25) is 0 Å². The summed E-state index contributed by atoms with van der Waals surface area (Å²) in [6.07, 6.45) is 0.869. The molecule has 2 amide bonds. The number of fused-ring (bicyclic) bond motifs is 1. The van der Waals surface area contributed by atoms with Gasteiger partial charge in [0.15, 0.2) is 0 Å². The first kappa shape index (κ1) is 22.0. The second-order valence-corrected chi connectivity index (χ2v) is 8.22. The SMILES string of the molecule is Cc1ccc(OCCO)c(NC(=O)N[C@@H]2CCN(Cc3ccc4cc(F)ccc4c3)C2)c1. The molecule has 168 valence electrons. The van der Waals surface area contributed by atoms with Crippen molar-refractivity contribution in [2.24, 2.45) is 0 Å². The highest BCUT2D eigenvalue weighted by Crippen LogP contribution is 2.26. The average molecular weight is 438 g/mol. The fourth-order valence-corrected chi connectivity index (χ4v) is 4.08. The summed E-state index contributed by atoms with van der Waals surface area (Å²) in [5, 5.41) is 16.8. The second-order valence-electron chi connectivity index (χ2n) is 8.22. The Morgan fingerprint density at radius 1 is 1.16 bits per heavy atom. The molecule has 1 heterocycles. The number of carbonyl (C=O) groups excluding carboxylic acids is 1. The van der Waals surface area contributed by atoms with Crippen molar-refractivity contribution >= 4 is 22.5 Å². The number of benzene rings is 3. The number of nitrogens with zero attached hydrogens (tertiary/aromatic N) is 1. The molecule has 6 nitrogen and oxygen atoms in total. The number of aryl methyl sites for hydroxylation is 1. The molecule has 0 spiro atoms. The summed E-state index contributed by atoms with van der Waals surface area (Å²) in [7, 11) is 0. The van der Waals surface area contributed by atoms with E-state index in [4.69, 9.17) is 9.84 Å². The van der Waals surface area contributed by atoms with E-state index in [-0.39, 0.29) is 31.1 Å². The first-order chi connectivity index (χ1) is 15.5. The van der Waals surface area contributed by atoms with Gasteiger partial charge in [-0.15, -0.1) is 0 Å². The van der Waals surface area contributed by atoms with Crippen LogP contribution in [0.15, 0.2) is 54.6 Å². The van der Waals surface area contributed by atoms with Crippen molar-refractivity contribution in [2.45, 2.75) is 25.9 Å². The molecule has 0 aromatic heterocycles. The van der Waals surface area contributed by atoms with E-state index in [2.05, 4.69) is 21.6 Å². The van der Waals surface area contributed by atoms with Crippen molar-refractivity contribution in [3.63, 3.8) is 0 Å².